The summed E-state index contributed by atoms with van der Waals surface area (Å²) in [5.41, 5.74) is 9.22. The van der Waals surface area contributed by atoms with E-state index >= 15 is 0 Å². The van der Waals surface area contributed by atoms with Crippen molar-refractivity contribution in [1.29, 1.82) is 5.41 Å². The Kier molecular flexibility index (Phi) is 7.73. The van der Waals surface area contributed by atoms with Crippen LogP contribution >= 0.6 is 11.6 Å². The predicted molar refractivity (Wildman–Crippen MR) is 120 cm³/mol. The third kappa shape index (κ3) is 6.00. The number of carbonyl (C=O) groups excluding carboxylic acids is 1. The number of hydrogen-bond acceptors (Lipinski definition) is 6. The molecule has 7 nitrogen and oxygen atoms in total. The number of morpholine rings is 1. The molecule has 1 amide bonds. The molecule has 1 aromatic carbocycles. The molecule has 8 heteroatoms. The van der Waals surface area contributed by atoms with Crippen molar-refractivity contribution < 1.29 is 9.53 Å². The van der Waals surface area contributed by atoms with E-state index in [0.717, 1.165) is 39.1 Å². The summed E-state index contributed by atoms with van der Waals surface area (Å²) in [4.78, 5) is 18.7. The van der Waals surface area contributed by atoms with Crippen molar-refractivity contribution in [3.05, 3.63) is 70.6 Å². The Hall–Kier alpha value is -3.00. The van der Waals surface area contributed by atoms with Gasteiger partial charge in [0.15, 0.2) is 0 Å². The topological polar surface area (TPSA) is 104 Å². The molecule has 1 aromatic heterocycles. The van der Waals surface area contributed by atoms with E-state index < -0.39 is 0 Å². The Balaban J connectivity index is 1.63. The fraction of sp³-hybridized carbons (Fsp3) is 0.227. The smallest absolute Gasteiger partial charge is 0.248 e. The van der Waals surface area contributed by atoms with E-state index in [-0.39, 0.29) is 11.1 Å². The molecule has 0 atom stereocenters. The third-order valence-corrected chi connectivity index (χ3v) is 4.90. The van der Waals surface area contributed by atoms with E-state index in [1.165, 1.54) is 24.0 Å². The fourth-order valence-corrected chi connectivity index (χ4v) is 3.26. The summed E-state index contributed by atoms with van der Waals surface area (Å²) < 4.78 is 5.37. The molecule has 2 aromatic rings. The molecule has 3 rings (SSSR count). The molecule has 156 valence electrons. The van der Waals surface area contributed by atoms with Crippen molar-refractivity contribution in [2.24, 2.45) is 5.73 Å². The minimum atomic E-state index is -0.273. The van der Waals surface area contributed by atoms with Crippen molar-refractivity contribution in [3.63, 3.8) is 0 Å². The number of nitrogens with zero attached hydrogens (tertiary/aromatic N) is 2. The van der Waals surface area contributed by atoms with Gasteiger partial charge in [0.1, 0.15) is 5.15 Å². The van der Waals surface area contributed by atoms with Gasteiger partial charge in [0.25, 0.3) is 0 Å². The van der Waals surface area contributed by atoms with E-state index in [0.29, 0.717) is 22.4 Å². The summed E-state index contributed by atoms with van der Waals surface area (Å²) in [7, 11) is 0. The Morgan fingerprint density at radius 1 is 1.30 bits per heavy atom. The van der Waals surface area contributed by atoms with Crippen LogP contribution in [-0.2, 0) is 16.1 Å². The molecule has 2 heterocycles. The van der Waals surface area contributed by atoms with Crippen molar-refractivity contribution in [1.82, 2.24) is 9.88 Å². The van der Waals surface area contributed by atoms with E-state index in [1.807, 2.05) is 24.3 Å². The lowest BCUT2D eigenvalue weighted by molar-refractivity contribution is -0.111. The number of pyridine rings is 1. The second kappa shape index (κ2) is 10.7. The first-order valence-electron chi connectivity index (χ1n) is 9.55. The molecule has 1 fully saturated rings. The fourth-order valence-electron chi connectivity index (χ4n) is 3.10. The number of allylic oxidation sites excluding steroid dienone is 1. The van der Waals surface area contributed by atoms with Crippen molar-refractivity contribution in [3.8, 4) is 0 Å². The number of nitrogens with two attached hydrogens (primary N) is 1. The molecule has 0 unspecified atom stereocenters. The van der Waals surface area contributed by atoms with Gasteiger partial charge in [-0.3, -0.25) is 9.69 Å². The lowest BCUT2D eigenvalue weighted by Gasteiger charge is -2.26. The number of nitrogens with one attached hydrogen (secondary N) is 2. The molecular formula is C22H24ClN5O2. The van der Waals surface area contributed by atoms with Crippen molar-refractivity contribution in [2.75, 3.05) is 31.6 Å². The highest BCUT2D eigenvalue weighted by Crippen LogP contribution is 2.21. The second-order valence-corrected chi connectivity index (χ2v) is 7.16. The van der Waals surface area contributed by atoms with Gasteiger partial charge in [-0.1, -0.05) is 23.7 Å². The standard InChI is InChI=1S/C22H24ClN5O2/c23-21-11-20(18(12-24)13-25)17(14-26-21)3-6-22(29)27-19-4-1-16(2-5-19)15-28-7-9-30-10-8-28/h1-6,11-14,24H,7-10,15,25H2,(H,27,29)/b6-3+,18-13?,24-12?. The largest absolute Gasteiger partial charge is 0.404 e. The Morgan fingerprint density at radius 2 is 2.03 bits per heavy atom. The van der Waals surface area contributed by atoms with Crippen LogP contribution in [0, 0.1) is 5.41 Å². The van der Waals surface area contributed by atoms with Crippen molar-refractivity contribution >= 4 is 41.1 Å². The van der Waals surface area contributed by atoms with E-state index in [1.54, 1.807) is 12.1 Å². The maximum Gasteiger partial charge on any atom is 0.248 e. The summed E-state index contributed by atoms with van der Waals surface area (Å²) in [6.45, 7) is 4.28. The highest BCUT2D eigenvalue weighted by atomic mass is 35.5. The minimum Gasteiger partial charge on any atom is -0.404 e. The van der Waals surface area contributed by atoms with Crippen LogP contribution in [0.5, 0.6) is 0 Å². The molecule has 0 bridgehead atoms. The van der Waals surface area contributed by atoms with Gasteiger partial charge in [-0.2, -0.15) is 0 Å². The number of benzene rings is 1. The summed E-state index contributed by atoms with van der Waals surface area (Å²) in [5.74, 6) is -0.273. The number of hydrogen-bond donors (Lipinski definition) is 3. The lowest BCUT2D eigenvalue weighted by atomic mass is 10.0. The normalized spacial score (nSPS) is 15.3. The lowest BCUT2D eigenvalue weighted by Crippen LogP contribution is -2.35. The molecule has 0 radical (unpaired) electrons. The molecule has 1 aliphatic rings. The van der Waals surface area contributed by atoms with E-state index in [4.69, 9.17) is 27.5 Å². The number of carbonyl (C=O) groups is 1. The van der Waals surface area contributed by atoms with Crippen LogP contribution in [0.4, 0.5) is 5.69 Å². The highest BCUT2D eigenvalue weighted by Gasteiger charge is 2.11. The van der Waals surface area contributed by atoms with Gasteiger partial charge in [0.05, 0.1) is 13.2 Å². The van der Waals surface area contributed by atoms with E-state index in [2.05, 4.69) is 15.2 Å². The first kappa shape index (κ1) is 21.7. The summed E-state index contributed by atoms with van der Waals surface area (Å²) in [6, 6.07) is 9.41. The zero-order chi connectivity index (χ0) is 21.3. The zero-order valence-corrected chi connectivity index (χ0v) is 17.2. The van der Waals surface area contributed by atoms with Crippen LogP contribution in [0.3, 0.4) is 0 Å². The maximum atomic E-state index is 12.3. The Labute approximate surface area is 180 Å². The van der Waals surface area contributed by atoms with Gasteiger partial charge < -0.3 is 21.2 Å². The van der Waals surface area contributed by atoms with E-state index in [9.17, 15) is 4.79 Å². The molecule has 0 aliphatic carbocycles. The molecule has 1 saturated heterocycles. The maximum absolute atomic E-state index is 12.3. The van der Waals surface area contributed by atoms with Gasteiger partial charge in [-0.15, -0.1) is 0 Å². The summed E-state index contributed by atoms with van der Waals surface area (Å²) in [5, 5.41) is 10.6. The first-order chi connectivity index (χ1) is 14.6. The first-order valence-corrected chi connectivity index (χ1v) is 9.93. The van der Waals surface area contributed by atoms with Gasteiger partial charge in [-0.25, -0.2) is 4.98 Å². The van der Waals surface area contributed by atoms with Crippen LogP contribution in [-0.4, -0.2) is 48.3 Å². The number of aromatic nitrogens is 1. The quantitative estimate of drug-likeness (QED) is 0.359. The van der Waals surface area contributed by atoms with Gasteiger partial charge in [0, 0.05) is 61.1 Å². The average Bonchev–Trinajstić information content (AvgIpc) is 2.76. The van der Waals surface area contributed by atoms with Crippen molar-refractivity contribution in [2.45, 2.75) is 6.54 Å². The predicted octanol–water partition coefficient (Wildman–Crippen LogP) is 3.17. The second-order valence-electron chi connectivity index (χ2n) is 6.77. The average molecular weight is 426 g/mol. The molecule has 30 heavy (non-hydrogen) atoms. The molecule has 1 aliphatic heterocycles. The molecule has 4 N–H and O–H groups in total. The number of rotatable bonds is 7. The third-order valence-electron chi connectivity index (χ3n) is 4.69. The van der Waals surface area contributed by atoms with Crippen LogP contribution in [0.25, 0.3) is 11.6 Å². The van der Waals surface area contributed by atoms with Crippen LogP contribution in [0.15, 0.2) is 48.8 Å². The minimum absolute atomic E-state index is 0.273. The summed E-state index contributed by atoms with van der Waals surface area (Å²) >= 11 is 5.95. The Morgan fingerprint density at radius 3 is 2.70 bits per heavy atom. The number of amides is 1. The Bertz CT molecular complexity index is 951. The summed E-state index contributed by atoms with van der Waals surface area (Å²) in [6.07, 6.45) is 7.01. The van der Waals surface area contributed by atoms with Crippen LogP contribution in [0.2, 0.25) is 5.15 Å². The molecular weight excluding hydrogens is 402 g/mol. The van der Waals surface area contributed by atoms with Gasteiger partial charge >= 0.3 is 0 Å². The molecule has 0 saturated carbocycles. The van der Waals surface area contributed by atoms with Crippen LogP contribution < -0.4 is 11.1 Å². The highest BCUT2D eigenvalue weighted by molar-refractivity contribution is 6.29. The van der Waals surface area contributed by atoms with Crippen LogP contribution in [0.1, 0.15) is 16.7 Å². The van der Waals surface area contributed by atoms with Gasteiger partial charge in [-0.05, 0) is 35.4 Å². The zero-order valence-electron chi connectivity index (χ0n) is 16.5. The van der Waals surface area contributed by atoms with Gasteiger partial charge in [0.2, 0.25) is 5.91 Å². The monoisotopic (exact) mass is 425 g/mol. The number of halogens is 1. The molecule has 0 spiro atoms. The SMILES string of the molecule is N=CC(=CN)c1cc(Cl)ncc1/C=C/C(=O)Nc1ccc(CN2CCOCC2)cc1. The number of anilines is 1. The number of ether oxygens (including phenoxy) is 1.